The summed E-state index contributed by atoms with van der Waals surface area (Å²) in [5.41, 5.74) is 3.75. The molecule has 1 fully saturated rings. The minimum absolute atomic E-state index is 0.0993. The van der Waals surface area contributed by atoms with Crippen molar-refractivity contribution in [1.82, 2.24) is 0 Å². The van der Waals surface area contributed by atoms with Gasteiger partial charge in [-0.1, -0.05) is 0 Å². The van der Waals surface area contributed by atoms with Crippen molar-refractivity contribution >= 4 is 0 Å². The Morgan fingerprint density at radius 2 is 2.15 bits per heavy atom. The van der Waals surface area contributed by atoms with Gasteiger partial charge in [0.2, 0.25) is 0 Å². The minimum atomic E-state index is -4.41. The Kier molecular flexibility index (Phi) is 2.84. The molecule has 6 heteroatoms. The van der Waals surface area contributed by atoms with E-state index in [4.69, 9.17) is 5.73 Å². The summed E-state index contributed by atoms with van der Waals surface area (Å²) in [7, 11) is 0. The van der Waals surface area contributed by atoms with Crippen LogP contribution in [0.4, 0.5) is 13.2 Å². The summed E-state index contributed by atoms with van der Waals surface area (Å²) in [6.07, 6.45) is -6.60. The molecule has 2 atom stereocenters. The molecular weight excluding hydrogens is 187 g/mol. The second-order valence-electron chi connectivity index (χ2n) is 3.28. The highest BCUT2D eigenvalue weighted by molar-refractivity contribution is 4.89. The van der Waals surface area contributed by atoms with Crippen LogP contribution in [0, 0.1) is 0 Å². The second kappa shape index (κ2) is 3.43. The average Bonchev–Trinajstić information content (AvgIpc) is 2.03. The van der Waals surface area contributed by atoms with Gasteiger partial charge in [0.1, 0.15) is 0 Å². The van der Waals surface area contributed by atoms with E-state index in [2.05, 4.69) is 4.74 Å². The molecule has 0 aromatic rings. The summed E-state index contributed by atoms with van der Waals surface area (Å²) in [4.78, 5) is 0. The molecule has 0 bridgehead atoms. The number of alkyl halides is 3. The number of rotatable bonds is 1. The summed E-state index contributed by atoms with van der Waals surface area (Å²) < 4.78 is 40.9. The van der Waals surface area contributed by atoms with Gasteiger partial charge in [-0.25, -0.2) is 0 Å². The van der Waals surface area contributed by atoms with E-state index in [-0.39, 0.29) is 19.6 Å². The first-order valence-electron chi connectivity index (χ1n) is 3.98. The zero-order valence-corrected chi connectivity index (χ0v) is 6.97. The lowest BCUT2D eigenvalue weighted by molar-refractivity contribution is -0.251. The minimum Gasteiger partial charge on any atom is -0.388 e. The van der Waals surface area contributed by atoms with Crippen LogP contribution < -0.4 is 5.73 Å². The Balaban J connectivity index is 2.62. The number of hydrogen-bond acceptors (Lipinski definition) is 3. The largest absolute Gasteiger partial charge is 0.414 e. The highest BCUT2D eigenvalue weighted by Gasteiger charge is 2.47. The molecule has 1 heterocycles. The normalized spacial score (nSPS) is 36.2. The lowest BCUT2D eigenvalue weighted by Crippen LogP contribution is -2.50. The van der Waals surface area contributed by atoms with Gasteiger partial charge in [0.05, 0.1) is 12.2 Å². The van der Waals surface area contributed by atoms with Crippen molar-refractivity contribution in [2.75, 3.05) is 13.2 Å². The van der Waals surface area contributed by atoms with Gasteiger partial charge in [-0.05, 0) is 0 Å². The summed E-state index contributed by atoms with van der Waals surface area (Å²) in [5, 5.41) is 9.51. The van der Waals surface area contributed by atoms with Crippen molar-refractivity contribution in [2.24, 2.45) is 5.73 Å². The first-order chi connectivity index (χ1) is 5.87. The van der Waals surface area contributed by atoms with E-state index in [1.54, 1.807) is 0 Å². The Labute approximate surface area is 73.7 Å². The molecule has 0 aromatic carbocycles. The van der Waals surface area contributed by atoms with E-state index >= 15 is 0 Å². The molecule has 0 aliphatic carbocycles. The lowest BCUT2D eigenvalue weighted by Gasteiger charge is -2.36. The number of aliphatic hydroxyl groups is 1. The van der Waals surface area contributed by atoms with Gasteiger partial charge in [0, 0.05) is 19.4 Å². The number of halogens is 3. The number of nitrogens with two attached hydrogens (primary N) is 1. The predicted molar refractivity (Wildman–Crippen MR) is 39.0 cm³/mol. The van der Waals surface area contributed by atoms with Crippen LogP contribution >= 0.6 is 0 Å². The second-order valence-corrected chi connectivity index (χ2v) is 3.28. The predicted octanol–water partition coefficient (Wildman–Crippen LogP) is 0.418. The van der Waals surface area contributed by atoms with Crippen LogP contribution in [0.25, 0.3) is 0 Å². The third-order valence-electron chi connectivity index (χ3n) is 2.20. The molecule has 78 valence electrons. The first-order valence-corrected chi connectivity index (χ1v) is 3.98. The summed E-state index contributed by atoms with van der Waals surface area (Å²) in [6, 6.07) is 0. The summed E-state index contributed by atoms with van der Waals surface area (Å²) >= 11 is 0. The van der Waals surface area contributed by atoms with Crippen molar-refractivity contribution in [1.29, 1.82) is 0 Å². The van der Waals surface area contributed by atoms with E-state index in [9.17, 15) is 18.3 Å². The maximum absolute atomic E-state index is 12.1. The van der Waals surface area contributed by atoms with Gasteiger partial charge in [0.25, 0.3) is 0 Å². The molecule has 2 unspecified atom stereocenters. The highest BCUT2D eigenvalue weighted by atomic mass is 19.4. The monoisotopic (exact) mass is 199 g/mol. The van der Waals surface area contributed by atoms with Crippen LogP contribution in [0.1, 0.15) is 12.8 Å². The SMILES string of the molecule is NCC1(O)CCOC(C(F)(F)F)C1. The molecular formula is C7H12F3NO2. The highest BCUT2D eigenvalue weighted by Crippen LogP contribution is 2.33. The Morgan fingerprint density at radius 1 is 1.54 bits per heavy atom. The Morgan fingerprint density at radius 3 is 2.62 bits per heavy atom. The standard InChI is InChI=1S/C7H12F3NO2/c8-7(9,10)5-3-6(12,4-11)1-2-13-5/h5,12H,1-4,11H2. The molecule has 0 radical (unpaired) electrons. The van der Waals surface area contributed by atoms with Crippen molar-refractivity contribution in [3.8, 4) is 0 Å². The van der Waals surface area contributed by atoms with E-state index in [1.807, 2.05) is 0 Å². The van der Waals surface area contributed by atoms with Crippen LogP contribution in [0.5, 0.6) is 0 Å². The maximum Gasteiger partial charge on any atom is 0.414 e. The van der Waals surface area contributed by atoms with Gasteiger partial charge < -0.3 is 15.6 Å². The molecule has 1 rings (SSSR count). The van der Waals surface area contributed by atoms with Crippen LogP contribution in [0.15, 0.2) is 0 Å². The fourth-order valence-corrected chi connectivity index (χ4v) is 1.29. The zero-order valence-electron chi connectivity index (χ0n) is 6.97. The molecule has 0 saturated carbocycles. The quantitative estimate of drug-likeness (QED) is 0.643. The van der Waals surface area contributed by atoms with Crippen LogP contribution in [-0.2, 0) is 4.74 Å². The molecule has 0 aromatic heterocycles. The van der Waals surface area contributed by atoms with Gasteiger partial charge in [0.15, 0.2) is 6.10 Å². The van der Waals surface area contributed by atoms with Gasteiger partial charge >= 0.3 is 6.18 Å². The van der Waals surface area contributed by atoms with Crippen LogP contribution in [0.3, 0.4) is 0 Å². The first kappa shape index (κ1) is 10.7. The van der Waals surface area contributed by atoms with E-state index in [1.165, 1.54) is 0 Å². The van der Waals surface area contributed by atoms with Gasteiger partial charge in [-0.3, -0.25) is 0 Å². The lowest BCUT2D eigenvalue weighted by atomic mass is 9.90. The van der Waals surface area contributed by atoms with Crippen LogP contribution in [-0.4, -0.2) is 36.1 Å². The van der Waals surface area contributed by atoms with Gasteiger partial charge in [-0.15, -0.1) is 0 Å². The van der Waals surface area contributed by atoms with E-state index in [0.29, 0.717) is 0 Å². The van der Waals surface area contributed by atoms with E-state index in [0.717, 1.165) is 0 Å². The maximum atomic E-state index is 12.1. The molecule has 0 spiro atoms. The molecule has 1 saturated heterocycles. The molecule has 0 amide bonds. The Bertz CT molecular complexity index is 185. The third kappa shape index (κ3) is 2.55. The van der Waals surface area contributed by atoms with Crippen molar-refractivity contribution < 1.29 is 23.0 Å². The fourth-order valence-electron chi connectivity index (χ4n) is 1.29. The third-order valence-corrected chi connectivity index (χ3v) is 2.20. The molecule has 1 aliphatic heterocycles. The molecule has 3 nitrogen and oxygen atoms in total. The van der Waals surface area contributed by atoms with Crippen molar-refractivity contribution in [3.05, 3.63) is 0 Å². The molecule has 13 heavy (non-hydrogen) atoms. The fraction of sp³-hybridized carbons (Fsp3) is 1.00. The zero-order chi connectivity index (χ0) is 10.1. The summed E-state index contributed by atoms with van der Waals surface area (Å²) in [5.74, 6) is 0. The van der Waals surface area contributed by atoms with Crippen molar-refractivity contribution in [3.63, 3.8) is 0 Å². The molecule has 1 aliphatic rings. The smallest absolute Gasteiger partial charge is 0.388 e. The number of hydrogen-bond donors (Lipinski definition) is 2. The topological polar surface area (TPSA) is 55.5 Å². The number of ether oxygens (including phenoxy) is 1. The molecule has 3 N–H and O–H groups in total. The van der Waals surface area contributed by atoms with Crippen LogP contribution in [0.2, 0.25) is 0 Å². The average molecular weight is 199 g/mol. The van der Waals surface area contributed by atoms with Gasteiger partial charge in [-0.2, -0.15) is 13.2 Å². The van der Waals surface area contributed by atoms with E-state index < -0.39 is 24.3 Å². The summed E-state index contributed by atoms with van der Waals surface area (Å²) in [6.45, 7) is -0.263. The Hall–Kier alpha value is -0.330. The van der Waals surface area contributed by atoms with Crippen molar-refractivity contribution in [2.45, 2.75) is 30.7 Å².